The number of rotatable bonds is 6. The Labute approximate surface area is 137 Å². The third-order valence-corrected chi connectivity index (χ3v) is 7.83. The molecule has 1 N–H and O–H groups in total. The highest BCUT2D eigenvalue weighted by Gasteiger charge is 2.41. The van der Waals surface area contributed by atoms with Crippen LogP contribution in [0, 0.1) is 0 Å². The smallest absolute Gasteiger partial charge is 0.131 e. The predicted octanol–water partition coefficient (Wildman–Crippen LogP) is 5.66. The van der Waals surface area contributed by atoms with Crippen LogP contribution in [0.3, 0.4) is 0 Å². The van der Waals surface area contributed by atoms with Crippen molar-refractivity contribution in [2.75, 3.05) is 0 Å². The number of fused-ring (bicyclic) bond motifs is 1. The molecule has 2 rings (SSSR count). The molecule has 1 aliphatic rings. The predicted molar refractivity (Wildman–Crippen MR) is 102 cm³/mol. The summed E-state index contributed by atoms with van der Waals surface area (Å²) in [5, 5.41) is 0. The van der Waals surface area contributed by atoms with E-state index in [1.807, 2.05) is 6.08 Å². The maximum Gasteiger partial charge on any atom is 0.131 e. The molecule has 1 aliphatic carbocycles. The summed E-state index contributed by atoms with van der Waals surface area (Å²) in [5.74, 6) is 0. The molecular weight excluding hydrogens is 282 g/mol. The lowest BCUT2D eigenvalue weighted by Gasteiger charge is -2.39. The molecule has 0 bridgehead atoms. The minimum Gasteiger partial charge on any atom is -0.332 e. The van der Waals surface area contributed by atoms with Gasteiger partial charge in [-0.15, -0.1) is 6.58 Å². The van der Waals surface area contributed by atoms with Gasteiger partial charge in [-0.1, -0.05) is 55.1 Å². The van der Waals surface area contributed by atoms with Gasteiger partial charge in [0, 0.05) is 11.1 Å². The number of hydrogen-bond acceptors (Lipinski definition) is 1. The summed E-state index contributed by atoms with van der Waals surface area (Å²) in [5.41, 5.74) is 5.34. The molecule has 1 nitrogen and oxygen atoms in total. The molecule has 0 spiro atoms. The summed E-state index contributed by atoms with van der Waals surface area (Å²) in [6.45, 7) is 15.7. The molecule has 120 valence electrons. The summed E-state index contributed by atoms with van der Waals surface area (Å²) in [7, 11) is -1.62. The highest BCUT2D eigenvalue weighted by Crippen LogP contribution is 2.43. The van der Waals surface area contributed by atoms with E-state index in [1.165, 1.54) is 24.0 Å². The Kier molecular flexibility index (Phi) is 5.13. The Hall–Kier alpha value is -1.12. The molecule has 0 saturated carbocycles. The van der Waals surface area contributed by atoms with E-state index in [9.17, 15) is 0 Å². The van der Waals surface area contributed by atoms with Crippen LogP contribution in [-0.2, 0) is 0 Å². The summed E-state index contributed by atoms with van der Waals surface area (Å²) < 4.78 is 0. The monoisotopic (exact) mass is 313 g/mol. The maximum atomic E-state index is 3.98. The minimum atomic E-state index is -1.62. The van der Waals surface area contributed by atoms with Gasteiger partial charge in [0.05, 0.1) is 0 Å². The molecule has 0 amide bonds. The molecule has 0 saturated heterocycles. The third kappa shape index (κ3) is 3.99. The Morgan fingerprint density at radius 3 is 2.55 bits per heavy atom. The van der Waals surface area contributed by atoms with E-state index in [2.05, 4.69) is 75.8 Å². The second-order valence-electron chi connectivity index (χ2n) is 8.06. The second kappa shape index (κ2) is 6.55. The molecule has 0 aromatic heterocycles. The quantitative estimate of drug-likeness (QED) is 0.406. The molecule has 1 unspecified atom stereocenters. The van der Waals surface area contributed by atoms with Crippen LogP contribution < -0.4 is 4.98 Å². The molecular formula is C20H31NSi. The van der Waals surface area contributed by atoms with Crippen molar-refractivity contribution in [2.24, 2.45) is 0 Å². The van der Waals surface area contributed by atoms with Crippen molar-refractivity contribution in [3.05, 3.63) is 53.6 Å². The lowest BCUT2D eigenvalue weighted by atomic mass is 10.1. The van der Waals surface area contributed by atoms with Crippen molar-refractivity contribution in [2.45, 2.75) is 64.2 Å². The van der Waals surface area contributed by atoms with Crippen molar-refractivity contribution in [3.63, 3.8) is 0 Å². The average Bonchev–Trinajstić information content (AvgIpc) is 2.75. The fourth-order valence-corrected chi connectivity index (χ4v) is 8.22. The van der Waals surface area contributed by atoms with Crippen LogP contribution in [0.25, 0.3) is 6.08 Å². The zero-order valence-corrected chi connectivity index (χ0v) is 15.9. The first-order valence-electron chi connectivity index (χ1n) is 8.44. The van der Waals surface area contributed by atoms with E-state index in [4.69, 9.17) is 0 Å². The van der Waals surface area contributed by atoms with Crippen LogP contribution >= 0.6 is 0 Å². The second-order valence-corrected chi connectivity index (χ2v) is 12.3. The van der Waals surface area contributed by atoms with E-state index in [-0.39, 0.29) is 5.54 Å². The van der Waals surface area contributed by atoms with Gasteiger partial charge >= 0.3 is 0 Å². The van der Waals surface area contributed by atoms with Gasteiger partial charge in [-0.3, -0.25) is 0 Å². The van der Waals surface area contributed by atoms with Crippen molar-refractivity contribution >= 4 is 14.3 Å². The molecule has 0 fully saturated rings. The Morgan fingerprint density at radius 2 is 1.91 bits per heavy atom. The molecule has 1 aromatic rings. The van der Waals surface area contributed by atoms with Gasteiger partial charge in [0.15, 0.2) is 0 Å². The Balaban J connectivity index is 2.31. The van der Waals surface area contributed by atoms with E-state index < -0.39 is 8.24 Å². The first-order chi connectivity index (χ1) is 10.2. The van der Waals surface area contributed by atoms with Crippen molar-refractivity contribution in [1.29, 1.82) is 0 Å². The van der Waals surface area contributed by atoms with Crippen LogP contribution in [0.4, 0.5) is 0 Å². The largest absolute Gasteiger partial charge is 0.332 e. The number of unbranched alkanes of at least 4 members (excludes halogenated alkanes) is 1. The maximum absolute atomic E-state index is 3.98. The first kappa shape index (κ1) is 17.2. The Morgan fingerprint density at radius 1 is 1.23 bits per heavy atom. The Bertz CT molecular complexity index is 563. The standard InChI is InChI=1S/C20H31NSi/c1-7-8-9-13-17-15-16-12-10-11-14-18(16)19(17)22(5,6)21-20(2,3)4/h7,10-12,14-15,19,21H,1,8-9,13H2,2-6H3. The summed E-state index contributed by atoms with van der Waals surface area (Å²) >= 11 is 0. The number of allylic oxidation sites excluding steroid dienone is 2. The average molecular weight is 314 g/mol. The van der Waals surface area contributed by atoms with Gasteiger partial charge in [0.1, 0.15) is 8.24 Å². The van der Waals surface area contributed by atoms with Crippen LogP contribution in [-0.4, -0.2) is 13.8 Å². The zero-order chi connectivity index (χ0) is 16.4. The van der Waals surface area contributed by atoms with Crippen LogP contribution in [0.5, 0.6) is 0 Å². The summed E-state index contributed by atoms with van der Waals surface area (Å²) in [4.78, 5) is 3.98. The molecule has 22 heavy (non-hydrogen) atoms. The van der Waals surface area contributed by atoms with Gasteiger partial charge in [0.2, 0.25) is 0 Å². The zero-order valence-electron chi connectivity index (χ0n) is 14.9. The summed E-state index contributed by atoms with van der Waals surface area (Å²) in [6, 6.07) is 8.94. The molecule has 0 aliphatic heterocycles. The lowest BCUT2D eigenvalue weighted by Crippen LogP contribution is -2.58. The normalized spacial score (nSPS) is 18.0. The molecule has 0 radical (unpaired) electrons. The minimum absolute atomic E-state index is 0.166. The fraction of sp³-hybridized carbons (Fsp3) is 0.500. The van der Waals surface area contributed by atoms with Crippen molar-refractivity contribution in [3.8, 4) is 0 Å². The van der Waals surface area contributed by atoms with Crippen LogP contribution in [0.1, 0.15) is 56.7 Å². The van der Waals surface area contributed by atoms with Gasteiger partial charge in [-0.2, -0.15) is 0 Å². The number of nitrogens with one attached hydrogen (secondary N) is 1. The van der Waals surface area contributed by atoms with E-state index in [0.29, 0.717) is 5.54 Å². The van der Waals surface area contributed by atoms with Crippen molar-refractivity contribution < 1.29 is 0 Å². The first-order valence-corrected chi connectivity index (χ1v) is 11.5. The van der Waals surface area contributed by atoms with E-state index >= 15 is 0 Å². The van der Waals surface area contributed by atoms with Crippen LogP contribution in [0.15, 0.2) is 42.5 Å². The molecule has 2 heteroatoms. The lowest BCUT2D eigenvalue weighted by molar-refractivity contribution is 0.507. The molecule has 1 atom stereocenters. The van der Waals surface area contributed by atoms with E-state index in [1.54, 1.807) is 5.57 Å². The van der Waals surface area contributed by atoms with Crippen molar-refractivity contribution in [1.82, 2.24) is 4.98 Å². The molecule has 0 heterocycles. The number of hydrogen-bond donors (Lipinski definition) is 1. The van der Waals surface area contributed by atoms with Crippen LogP contribution in [0.2, 0.25) is 13.1 Å². The van der Waals surface area contributed by atoms with E-state index in [0.717, 1.165) is 6.42 Å². The van der Waals surface area contributed by atoms with Gasteiger partial charge in [-0.25, -0.2) is 0 Å². The highest BCUT2D eigenvalue weighted by molar-refractivity contribution is 6.77. The summed E-state index contributed by atoms with van der Waals surface area (Å²) in [6.07, 6.45) is 7.98. The third-order valence-electron chi connectivity index (χ3n) is 4.31. The fourth-order valence-electron chi connectivity index (χ4n) is 3.95. The molecule has 1 aromatic carbocycles. The highest BCUT2D eigenvalue weighted by atomic mass is 28.3. The topological polar surface area (TPSA) is 12.0 Å². The number of benzene rings is 1. The van der Waals surface area contributed by atoms with Gasteiger partial charge in [-0.05, 0) is 51.2 Å². The SMILES string of the molecule is C=CCCCC1=Cc2ccccc2C1[Si](C)(C)NC(C)(C)C. The van der Waals surface area contributed by atoms with Gasteiger partial charge in [0.25, 0.3) is 0 Å². The van der Waals surface area contributed by atoms with Gasteiger partial charge < -0.3 is 4.98 Å².